The largest absolute Gasteiger partial charge is 0.474 e. The summed E-state index contributed by atoms with van der Waals surface area (Å²) in [5.41, 5.74) is 1.87. The van der Waals surface area contributed by atoms with Gasteiger partial charge >= 0.3 is 0 Å². The Morgan fingerprint density at radius 3 is 2.57 bits per heavy atom. The van der Waals surface area contributed by atoms with Gasteiger partial charge in [-0.3, -0.25) is 4.99 Å². The summed E-state index contributed by atoms with van der Waals surface area (Å²) in [4.78, 5) is 8.74. The predicted octanol–water partition coefficient (Wildman–Crippen LogP) is 5.21. The van der Waals surface area contributed by atoms with Gasteiger partial charge in [0.05, 0.1) is 21.7 Å². The van der Waals surface area contributed by atoms with Crippen LogP contribution in [0.1, 0.15) is 52.1 Å². The van der Waals surface area contributed by atoms with Crippen molar-refractivity contribution in [1.82, 2.24) is 4.98 Å². The normalized spacial score (nSPS) is 22.3. The molecule has 0 amide bonds. The second-order valence-corrected chi connectivity index (χ2v) is 7.60. The molecular formula is C18H28BrN3O. The first-order valence-electron chi connectivity index (χ1n) is 8.45. The Bertz CT molecular complexity index is 564. The SMILES string of the molecule is CN=C(C)Nc1cc(Br)c(OC2CCC(C(C)C)CC2)nc1C. The van der Waals surface area contributed by atoms with Crippen molar-refractivity contribution < 1.29 is 4.74 Å². The molecule has 0 spiro atoms. The number of hydrogen-bond donors (Lipinski definition) is 1. The Morgan fingerprint density at radius 2 is 2.00 bits per heavy atom. The molecule has 0 aliphatic heterocycles. The van der Waals surface area contributed by atoms with E-state index in [0.717, 1.165) is 46.4 Å². The Balaban J connectivity index is 2.03. The fourth-order valence-electron chi connectivity index (χ4n) is 3.05. The highest BCUT2D eigenvalue weighted by Crippen LogP contribution is 2.34. The average molecular weight is 382 g/mol. The van der Waals surface area contributed by atoms with Crippen LogP contribution in [-0.2, 0) is 0 Å². The third-order valence-electron chi connectivity index (χ3n) is 4.73. The van der Waals surface area contributed by atoms with Crippen molar-refractivity contribution in [2.45, 2.75) is 59.5 Å². The van der Waals surface area contributed by atoms with Gasteiger partial charge in [-0.15, -0.1) is 0 Å². The van der Waals surface area contributed by atoms with Crippen LogP contribution in [0.15, 0.2) is 15.5 Å². The van der Waals surface area contributed by atoms with Crippen LogP contribution in [0.5, 0.6) is 5.88 Å². The molecule has 4 nitrogen and oxygen atoms in total. The number of halogens is 1. The first kappa shape index (κ1) is 18.2. The van der Waals surface area contributed by atoms with Crippen LogP contribution >= 0.6 is 15.9 Å². The molecule has 0 aromatic carbocycles. The molecule has 0 bridgehead atoms. The maximum Gasteiger partial charge on any atom is 0.228 e. The lowest BCUT2D eigenvalue weighted by Gasteiger charge is -2.31. The van der Waals surface area contributed by atoms with Crippen molar-refractivity contribution in [3.8, 4) is 5.88 Å². The number of rotatable bonds is 4. The molecule has 1 N–H and O–H groups in total. The van der Waals surface area contributed by atoms with Gasteiger partial charge in [-0.1, -0.05) is 13.8 Å². The zero-order valence-corrected chi connectivity index (χ0v) is 16.4. The summed E-state index contributed by atoms with van der Waals surface area (Å²) in [5, 5.41) is 3.25. The first-order valence-corrected chi connectivity index (χ1v) is 9.24. The molecule has 1 fully saturated rings. The van der Waals surface area contributed by atoms with Gasteiger partial charge in [0.15, 0.2) is 0 Å². The summed E-state index contributed by atoms with van der Waals surface area (Å²) in [6, 6.07) is 2.02. The summed E-state index contributed by atoms with van der Waals surface area (Å²) in [5.74, 6) is 3.18. The number of aryl methyl sites for hydroxylation is 1. The highest BCUT2D eigenvalue weighted by atomic mass is 79.9. The third kappa shape index (κ3) is 4.93. The summed E-state index contributed by atoms with van der Waals surface area (Å²) in [6.07, 6.45) is 5.04. The molecule has 1 aromatic heterocycles. The lowest BCUT2D eigenvalue weighted by atomic mass is 9.80. The first-order chi connectivity index (χ1) is 10.9. The second kappa shape index (κ2) is 8.13. The number of anilines is 1. The molecular weight excluding hydrogens is 354 g/mol. The van der Waals surface area contributed by atoms with Crippen LogP contribution in [-0.4, -0.2) is 24.0 Å². The number of aliphatic imine (C=N–C) groups is 1. The highest BCUT2D eigenvalue weighted by Gasteiger charge is 2.25. The van der Waals surface area contributed by atoms with Crippen molar-refractivity contribution in [3.05, 3.63) is 16.2 Å². The van der Waals surface area contributed by atoms with Crippen LogP contribution in [0.2, 0.25) is 0 Å². The van der Waals surface area contributed by atoms with E-state index in [9.17, 15) is 0 Å². The minimum Gasteiger partial charge on any atom is -0.474 e. The summed E-state index contributed by atoms with van der Waals surface area (Å²) >= 11 is 3.59. The zero-order valence-electron chi connectivity index (χ0n) is 14.8. The monoisotopic (exact) mass is 381 g/mol. The van der Waals surface area contributed by atoms with Crippen LogP contribution in [0.25, 0.3) is 0 Å². The Kier molecular flexibility index (Phi) is 6.45. The molecule has 1 aliphatic rings. The predicted molar refractivity (Wildman–Crippen MR) is 101 cm³/mol. The molecule has 0 unspecified atom stereocenters. The minimum atomic E-state index is 0.283. The van der Waals surface area contributed by atoms with Gasteiger partial charge in [0.1, 0.15) is 6.10 Å². The Morgan fingerprint density at radius 1 is 1.35 bits per heavy atom. The van der Waals surface area contributed by atoms with Gasteiger partial charge in [-0.05, 0) is 73.4 Å². The lowest BCUT2D eigenvalue weighted by molar-refractivity contribution is 0.111. The number of amidine groups is 1. The summed E-state index contributed by atoms with van der Waals surface area (Å²) < 4.78 is 7.05. The van der Waals surface area contributed by atoms with Gasteiger partial charge in [0.25, 0.3) is 0 Å². The number of nitrogens with zero attached hydrogens (tertiary/aromatic N) is 2. The Hall–Kier alpha value is -1.10. The number of hydrogen-bond acceptors (Lipinski definition) is 3. The number of ether oxygens (including phenoxy) is 1. The van der Waals surface area contributed by atoms with E-state index in [1.165, 1.54) is 12.8 Å². The van der Waals surface area contributed by atoms with E-state index < -0.39 is 0 Å². The van der Waals surface area contributed by atoms with Crippen molar-refractivity contribution in [1.29, 1.82) is 0 Å². The number of pyridine rings is 1. The van der Waals surface area contributed by atoms with E-state index in [0.29, 0.717) is 5.88 Å². The van der Waals surface area contributed by atoms with Gasteiger partial charge < -0.3 is 10.1 Å². The fourth-order valence-corrected chi connectivity index (χ4v) is 3.46. The van der Waals surface area contributed by atoms with E-state index in [-0.39, 0.29) is 6.10 Å². The minimum absolute atomic E-state index is 0.283. The second-order valence-electron chi connectivity index (χ2n) is 6.74. The van der Waals surface area contributed by atoms with Gasteiger partial charge in [0.2, 0.25) is 5.88 Å². The molecule has 5 heteroatoms. The molecule has 0 radical (unpaired) electrons. The molecule has 1 saturated carbocycles. The van der Waals surface area contributed by atoms with Crippen LogP contribution in [0.4, 0.5) is 5.69 Å². The van der Waals surface area contributed by atoms with E-state index in [2.05, 4.69) is 45.1 Å². The average Bonchev–Trinajstić information content (AvgIpc) is 2.52. The van der Waals surface area contributed by atoms with Crippen LogP contribution in [0, 0.1) is 18.8 Å². The van der Waals surface area contributed by atoms with E-state index in [4.69, 9.17) is 4.74 Å². The molecule has 2 rings (SSSR count). The van der Waals surface area contributed by atoms with Crippen LogP contribution < -0.4 is 10.1 Å². The molecule has 128 valence electrons. The van der Waals surface area contributed by atoms with Gasteiger partial charge in [-0.25, -0.2) is 4.98 Å². The van der Waals surface area contributed by atoms with Crippen molar-refractivity contribution >= 4 is 27.5 Å². The summed E-state index contributed by atoms with van der Waals surface area (Å²) in [6.45, 7) is 8.56. The fraction of sp³-hybridized carbons (Fsp3) is 0.667. The lowest BCUT2D eigenvalue weighted by Crippen LogP contribution is -2.26. The van der Waals surface area contributed by atoms with Crippen molar-refractivity contribution in [2.75, 3.05) is 12.4 Å². The molecule has 0 atom stereocenters. The Labute approximate surface area is 148 Å². The molecule has 0 saturated heterocycles. The molecule has 1 aromatic rings. The van der Waals surface area contributed by atoms with Gasteiger partial charge in [0, 0.05) is 7.05 Å². The number of aromatic nitrogens is 1. The van der Waals surface area contributed by atoms with Gasteiger partial charge in [-0.2, -0.15) is 0 Å². The molecule has 1 aliphatic carbocycles. The maximum absolute atomic E-state index is 6.17. The molecule has 1 heterocycles. The zero-order chi connectivity index (χ0) is 17.0. The standard InChI is InChI=1S/C18H28BrN3O/c1-11(2)14-6-8-15(9-7-14)23-18-16(19)10-17(12(3)21-18)22-13(4)20-5/h10-11,14-15H,6-9H2,1-5H3,(H,20,22). The summed E-state index contributed by atoms with van der Waals surface area (Å²) in [7, 11) is 1.77. The van der Waals surface area contributed by atoms with Crippen molar-refractivity contribution in [3.63, 3.8) is 0 Å². The van der Waals surface area contributed by atoms with E-state index in [1.807, 2.05) is 19.9 Å². The quantitative estimate of drug-likeness (QED) is 0.575. The topological polar surface area (TPSA) is 46.5 Å². The molecule has 23 heavy (non-hydrogen) atoms. The maximum atomic E-state index is 6.17. The highest BCUT2D eigenvalue weighted by molar-refractivity contribution is 9.10. The third-order valence-corrected chi connectivity index (χ3v) is 5.29. The van der Waals surface area contributed by atoms with E-state index in [1.54, 1.807) is 7.05 Å². The van der Waals surface area contributed by atoms with E-state index >= 15 is 0 Å². The van der Waals surface area contributed by atoms with Crippen molar-refractivity contribution in [2.24, 2.45) is 16.8 Å². The van der Waals surface area contributed by atoms with Crippen LogP contribution in [0.3, 0.4) is 0 Å². The number of nitrogens with one attached hydrogen (secondary N) is 1. The smallest absolute Gasteiger partial charge is 0.228 e.